The molecular weight excluding hydrogens is 865 g/mol. The van der Waals surface area contributed by atoms with Crippen LogP contribution in [0.3, 0.4) is 0 Å². The molecule has 22 nitrogen and oxygen atoms in total. The fourth-order valence-electron chi connectivity index (χ4n) is 7.58. The first kappa shape index (κ1) is 55.3. The van der Waals surface area contributed by atoms with Crippen molar-refractivity contribution in [2.75, 3.05) is 33.4 Å². The largest absolute Gasteiger partial charge is 0.465 e. The van der Waals surface area contributed by atoms with Crippen LogP contribution in [0.5, 0.6) is 0 Å². The Labute approximate surface area is 380 Å². The number of ether oxygens (including phenoxy) is 8. The van der Waals surface area contributed by atoms with Gasteiger partial charge < -0.3 is 84.1 Å². The number of aliphatic hydroxyl groups is 3. The molecule has 2 saturated heterocycles. The predicted octanol–water partition coefficient (Wildman–Crippen LogP) is 3.36. The van der Waals surface area contributed by atoms with Crippen LogP contribution in [0.15, 0.2) is 0 Å². The zero-order chi connectivity index (χ0) is 49.6. The molecule has 376 valence electrons. The zero-order valence-electron chi connectivity index (χ0n) is 40.2. The van der Waals surface area contributed by atoms with E-state index in [1.54, 1.807) is 83.1 Å². The summed E-state index contributed by atoms with van der Waals surface area (Å²) in [6.45, 7) is 19.1. The molecule has 65 heavy (non-hydrogen) atoms. The first-order valence-corrected chi connectivity index (χ1v) is 21.7. The first-order valence-electron chi connectivity index (χ1n) is 21.7. The Balaban J connectivity index is 2.09. The first-order chi connectivity index (χ1) is 29.6. The van der Waals surface area contributed by atoms with E-state index in [1.165, 1.54) is 14.0 Å². The molecule has 0 unspecified atom stereocenters. The number of carbonyl (C=O) groups is 5. The molecule has 0 aromatic heterocycles. The third-order valence-corrected chi connectivity index (χ3v) is 10.0. The van der Waals surface area contributed by atoms with Gasteiger partial charge in [0.05, 0.1) is 50.0 Å². The third kappa shape index (κ3) is 17.3. The Kier molecular flexibility index (Phi) is 18.5. The number of aliphatic hydroxyl groups excluding tert-OH is 2. The van der Waals surface area contributed by atoms with Gasteiger partial charge in [0, 0.05) is 7.05 Å². The normalized spacial score (nSPS) is 31.1. The van der Waals surface area contributed by atoms with Crippen molar-refractivity contribution in [2.24, 2.45) is 0 Å². The van der Waals surface area contributed by atoms with Crippen molar-refractivity contribution < 1.29 is 86.7 Å². The third-order valence-electron chi connectivity index (χ3n) is 10.0. The summed E-state index contributed by atoms with van der Waals surface area (Å²) in [6.07, 6.45) is -16.1. The summed E-state index contributed by atoms with van der Waals surface area (Å²) in [5, 5.41) is 53.0. The van der Waals surface area contributed by atoms with Gasteiger partial charge in [0.1, 0.15) is 59.1 Å². The molecule has 1 aliphatic carbocycles. The number of carboxylic acid groups (broad SMARTS) is 1. The lowest BCUT2D eigenvalue weighted by molar-refractivity contribution is -0.314. The summed E-state index contributed by atoms with van der Waals surface area (Å²) in [5.41, 5.74) is -5.63. The van der Waals surface area contributed by atoms with E-state index < -0.39 is 139 Å². The molecule has 12 atom stereocenters. The molecule has 0 aromatic rings. The van der Waals surface area contributed by atoms with E-state index in [1.807, 2.05) is 0 Å². The topological polar surface area (TPSA) is 283 Å². The number of amides is 5. The van der Waals surface area contributed by atoms with Crippen molar-refractivity contribution in [1.29, 1.82) is 0 Å². The van der Waals surface area contributed by atoms with Crippen molar-refractivity contribution in [3.8, 4) is 0 Å². The Morgan fingerprint density at radius 2 is 1.18 bits per heavy atom. The highest BCUT2D eigenvalue weighted by Crippen LogP contribution is 2.35. The van der Waals surface area contributed by atoms with Gasteiger partial charge in [-0.15, -0.1) is 0 Å². The van der Waals surface area contributed by atoms with Crippen LogP contribution in [-0.2, 0) is 37.9 Å². The summed E-state index contributed by atoms with van der Waals surface area (Å²) in [7, 11) is 1.29. The van der Waals surface area contributed by atoms with E-state index in [-0.39, 0.29) is 32.4 Å². The van der Waals surface area contributed by atoms with E-state index in [0.29, 0.717) is 0 Å². The number of alkyl carbamates (subject to hydrolysis) is 2. The molecule has 3 fully saturated rings. The minimum Gasteiger partial charge on any atom is -0.465 e. The van der Waals surface area contributed by atoms with Crippen molar-refractivity contribution in [1.82, 2.24) is 25.8 Å². The smallest absolute Gasteiger partial charge is 0.410 e. The number of hydrogen-bond acceptors (Lipinski definition) is 16. The lowest BCUT2D eigenvalue weighted by Crippen LogP contribution is -2.70. The van der Waals surface area contributed by atoms with Crippen LogP contribution in [-0.4, -0.2) is 189 Å². The standard InChI is InChI=1S/C42H74FN5O17/c1-38(2,3)62-34(53)45-23-16-15-22(20-48(18-17-43)37(56)65-41(10,11)12)59-31(23)60-29-25(46-35(54)63-39(4,5)6)19-24(44-33(51)52)28(26(29)49)61-32-27(50)30(42(13,57)21-58-32)47(14)36(55)64-40(7,8)9/h22-32,44,49-50,57H,15-21H2,1-14H3,(H,45,53)(H,46,54)(H,51,52)/t22-,23+,24+,25-,26+,27+,28-,29+,30+,31+,32+,42-/m0/s1. The number of hydrogen-bond donors (Lipinski definition) is 7. The van der Waals surface area contributed by atoms with Gasteiger partial charge in [-0.2, -0.15) is 0 Å². The van der Waals surface area contributed by atoms with Crippen LogP contribution >= 0.6 is 0 Å². The highest BCUT2D eigenvalue weighted by atomic mass is 19.1. The zero-order valence-corrected chi connectivity index (χ0v) is 40.2. The summed E-state index contributed by atoms with van der Waals surface area (Å²) in [4.78, 5) is 67.2. The van der Waals surface area contributed by atoms with E-state index in [9.17, 15) is 48.8 Å². The average molecular weight is 940 g/mol. The lowest BCUT2D eigenvalue weighted by atomic mass is 9.83. The number of carbonyl (C=O) groups excluding carboxylic acids is 4. The minimum atomic E-state index is -1.92. The maximum absolute atomic E-state index is 13.8. The molecular formula is C42H74FN5O17. The van der Waals surface area contributed by atoms with Crippen molar-refractivity contribution in [3.05, 3.63) is 0 Å². The number of nitrogens with one attached hydrogen (secondary N) is 3. The Morgan fingerprint density at radius 1 is 0.708 bits per heavy atom. The number of halogens is 1. The molecule has 2 heterocycles. The van der Waals surface area contributed by atoms with Gasteiger partial charge in [-0.3, -0.25) is 0 Å². The molecule has 5 amide bonds. The molecule has 0 radical (unpaired) electrons. The molecule has 2 aliphatic heterocycles. The monoisotopic (exact) mass is 940 g/mol. The Hall–Kier alpha value is -4.00. The molecule has 0 aromatic carbocycles. The van der Waals surface area contributed by atoms with Gasteiger partial charge in [-0.25, -0.2) is 28.4 Å². The van der Waals surface area contributed by atoms with E-state index in [0.717, 1.165) is 9.80 Å². The van der Waals surface area contributed by atoms with Gasteiger partial charge in [0.15, 0.2) is 12.6 Å². The highest BCUT2D eigenvalue weighted by molar-refractivity contribution is 5.70. The highest BCUT2D eigenvalue weighted by Gasteiger charge is 2.55. The summed E-state index contributed by atoms with van der Waals surface area (Å²) in [6, 6.07) is -5.06. The summed E-state index contributed by atoms with van der Waals surface area (Å²) < 4.78 is 60.6. The minimum absolute atomic E-state index is 0.136. The number of likely N-dealkylation sites (N-methyl/N-ethyl adjacent to an activating group) is 1. The van der Waals surface area contributed by atoms with Gasteiger partial charge in [0.2, 0.25) is 0 Å². The van der Waals surface area contributed by atoms with Crippen LogP contribution in [0.1, 0.15) is 109 Å². The summed E-state index contributed by atoms with van der Waals surface area (Å²) >= 11 is 0. The molecule has 0 bridgehead atoms. The van der Waals surface area contributed by atoms with Crippen LogP contribution in [0.4, 0.5) is 28.4 Å². The van der Waals surface area contributed by atoms with Crippen molar-refractivity contribution >= 4 is 30.5 Å². The maximum Gasteiger partial charge on any atom is 0.410 e. The van der Waals surface area contributed by atoms with Crippen LogP contribution in [0, 0.1) is 0 Å². The molecule has 0 spiro atoms. The second-order valence-corrected chi connectivity index (χ2v) is 20.9. The van der Waals surface area contributed by atoms with Crippen LogP contribution in [0.25, 0.3) is 0 Å². The fraction of sp³-hybridized carbons (Fsp3) is 0.881. The van der Waals surface area contributed by atoms with E-state index in [2.05, 4.69) is 16.0 Å². The van der Waals surface area contributed by atoms with E-state index in [4.69, 9.17) is 37.9 Å². The summed E-state index contributed by atoms with van der Waals surface area (Å²) in [5.74, 6) is 0. The average Bonchev–Trinajstić information content (AvgIpc) is 3.09. The molecule has 3 aliphatic rings. The Bertz CT molecular complexity index is 1630. The number of rotatable bonds is 12. The second-order valence-electron chi connectivity index (χ2n) is 20.9. The van der Waals surface area contributed by atoms with Crippen LogP contribution in [0.2, 0.25) is 0 Å². The predicted molar refractivity (Wildman–Crippen MR) is 227 cm³/mol. The van der Waals surface area contributed by atoms with Crippen molar-refractivity contribution in [3.63, 3.8) is 0 Å². The van der Waals surface area contributed by atoms with Gasteiger partial charge >= 0.3 is 30.5 Å². The van der Waals surface area contributed by atoms with Gasteiger partial charge in [-0.1, -0.05) is 0 Å². The van der Waals surface area contributed by atoms with Crippen LogP contribution < -0.4 is 16.0 Å². The fourth-order valence-corrected chi connectivity index (χ4v) is 7.58. The Morgan fingerprint density at radius 3 is 1.68 bits per heavy atom. The number of nitrogens with zero attached hydrogens (tertiary/aromatic N) is 2. The maximum atomic E-state index is 13.8. The quantitative estimate of drug-likeness (QED) is 0.138. The number of alkyl halides is 1. The molecule has 1 saturated carbocycles. The van der Waals surface area contributed by atoms with Crippen molar-refractivity contribution in [2.45, 2.75) is 205 Å². The SMILES string of the molecule is CN(C(=O)OC(C)(C)C)[C@@H]1[C@@H](O)[C@@H](O[C@@H]2[C@@H](O)[C@H](O[C@H]3O[C@H](CN(CCF)C(=O)OC(C)(C)C)CC[C@H]3NC(=O)OC(C)(C)C)[C@@H](NC(=O)OC(C)(C)C)C[C@H]2NC(=O)O)OC[C@]1(C)O. The van der Waals surface area contributed by atoms with Gasteiger partial charge in [0.25, 0.3) is 0 Å². The lowest BCUT2D eigenvalue weighted by Gasteiger charge is -2.50. The molecule has 7 N–H and O–H groups in total. The second kappa shape index (κ2) is 21.7. The molecule has 3 rings (SSSR count). The van der Waals surface area contributed by atoms with E-state index >= 15 is 0 Å². The van der Waals surface area contributed by atoms with Gasteiger partial charge in [-0.05, 0) is 109 Å². The molecule has 23 heteroatoms.